The zero-order chi connectivity index (χ0) is 20.9. The molecule has 8 nitrogen and oxygen atoms in total. The summed E-state index contributed by atoms with van der Waals surface area (Å²) in [6, 6.07) is 15.9. The third-order valence-corrected chi connectivity index (χ3v) is 4.56. The molecule has 0 aliphatic heterocycles. The standard InChI is InChI=1S/C17H16N4OS.CH4O3S/c18-9-10-3-1-4-11(7-10)12-5-2-6-14-13(12)8-15(23-14)16(22)21-17(19)20;1-5(2,3)4/h1-8H,9,18H2,(H4,19,20,21,22);1H3,(H,2,3,4). The topological polar surface area (TPSA) is 162 Å². The van der Waals surface area contributed by atoms with E-state index in [9.17, 15) is 13.2 Å². The molecule has 1 heterocycles. The summed E-state index contributed by atoms with van der Waals surface area (Å²) >= 11 is 1.37. The predicted octanol–water partition coefficient (Wildman–Crippen LogP) is 1.94. The second-order valence-electron chi connectivity index (χ2n) is 5.81. The Balaban J connectivity index is 0.000000500. The molecule has 0 aliphatic rings. The molecule has 0 unspecified atom stereocenters. The zero-order valence-corrected chi connectivity index (χ0v) is 16.6. The zero-order valence-electron chi connectivity index (χ0n) is 15.0. The number of rotatable bonds is 3. The molecule has 10 heteroatoms. The van der Waals surface area contributed by atoms with Crippen LogP contribution in [0.15, 0.2) is 53.5 Å². The van der Waals surface area contributed by atoms with Crippen molar-refractivity contribution in [3.63, 3.8) is 0 Å². The van der Waals surface area contributed by atoms with Crippen LogP contribution in [-0.2, 0) is 16.7 Å². The van der Waals surface area contributed by atoms with Gasteiger partial charge in [0.2, 0.25) is 0 Å². The molecule has 0 aliphatic carbocycles. The van der Waals surface area contributed by atoms with Gasteiger partial charge < -0.3 is 17.2 Å². The molecule has 7 N–H and O–H groups in total. The van der Waals surface area contributed by atoms with Crippen molar-refractivity contribution < 1.29 is 17.8 Å². The highest BCUT2D eigenvalue weighted by atomic mass is 32.2. The molecule has 0 saturated carbocycles. The van der Waals surface area contributed by atoms with Gasteiger partial charge >= 0.3 is 0 Å². The van der Waals surface area contributed by atoms with Gasteiger partial charge in [-0.15, -0.1) is 11.3 Å². The molecule has 0 fully saturated rings. The number of thiophene rings is 1. The summed E-state index contributed by atoms with van der Waals surface area (Å²) in [6.07, 6.45) is 0.715. The van der Waals surface area contributed by atoms with Crippen molar-refractivity contribution >= 4 is 43.4 Å². The lowest BCUT2D eigenvalue weighted by molar-refractivity contribution is 0.101. The number of nitrogens with two attached hydrogens (primary N) is 3. The third-order valence-electron chi connectivity index (χ3n) is 3.48. The number of carbonyl (C=O) groups excluding carboxylic acids is 1. The number of guanidine groups is 1. The Labute approximate surface area is 166 Å². The van der Waals surface area contributed by atoms with Crippen molar-refractivity contribution in [2.24, 2.45) is 22.2 Å². The van der Waals surface area contributed by atoms with Crippen LogP contribution in [0.25, 0.3) is 21.2 Å². The quantitative estimate of drug-likeness (QED) is 0.286. The van der Waals surface area contributed by atoms with E-state index in [0.29, 0.717) is 17.7 Å². The molecule has 0 atom stereocenters. The van der Waals surface area contributed by atoms with Crippen LogP contribution in [0, 0.1) is 0 Å². The fourth-order valence-corrected chi connectivity index (χ4v) is 3.43. The van der Waals surface area contributed by atoms with Gasteiger partial charge in [-0.05, 0) is 34.9 Å². The maximum Gasteiger partial charge on any atom is 0.290 e. The minimum atomic E-state index is -3.67. The lowest BCUT2D eigenvalue weighted by Crippen LogP contribution is -2.24. The average molecular weight is 421 g/mol. The maximum absolute atomic E-state index is 12.0. The van der Waals surface area contributed by atoms with Gasteiger partial charge in [-0.3, -0.25) is 9.35 Å². The SMILES string of the molecule is CS(=O)(=O)O.NCc1cccc(-c2cccc3sc(C(=O)N=C(N)N)cc23)c1. The van der Waals surface area contributed by atoms with Gasteiger partial charge in [0.25, 0.3) is 16.0 Å². The highest BCUT2D eigenvalue weighted by molar-refractivity contribution is 7.85. The van der Waals surface area contributed by atoms with Crippen LogP contribution in [0.1, 0.15) is 15.2 Å². The van der Waals surface area contributed by atoms with E-state index in [4.69, 9.17) is 21.8 Å². The number of hydrogen-bond donors (Lipinski definition) is 4. The molecule has 0 saturated heterocycles. The second-order valence-corrected chi connectivity index (χ2v) is 8.36. The minimum Gasteiger partial charge on any atom is -0.370 e. The Morgan fingerprint density at radius 3 is 2.39 bits per heavy atom. The fourth-order valence-electron chi connectivity index (χ4n) is 2.46. The van der Waals surface area contributed by atoms with Gasteiger partial charge in [0.05, 0.1) is 11.1 Å². The number of nitrogens with zero attached hydrogens (tertiary/aromatic N) is 1. The Kier molecular flexibility index (Phi) is 6.86. The van der Waals surface area contributed by atoms with Crippen molar-refractivity contribution in [3.8, 4) is 11.1 Å². The van der Waals surface area contributed by atoms with Crippen molar-refractivity contribution in [2.75, 3.05) is 6.26 Å². The summed E-state index contributed by atoms with van der Waals surface area (Å²) in [5, 5.41) is 1.00. The highest BCUT2D eigenvalue weighted by Gasteiger charge is 2.13. The molecule has 2 aromatic carbocycles. The van der Waals surface area contributed by atoms with Gasteiger partial charge in [0, 0.05) is 16.6 Å². The van der Waals surface area contributed by atoms with E-state index < -0.39 is 16.0 Å². The molecule has 0 spiro atoms. The molecular formula is C18H20N4O4S2. The minimum absolute atomic E-state index is 0.233. The van der Waals surface area contributed by atoms with Crippen LogP contribution in [0.2, 0.25) is 0 Å². The van der Waals surface area contributed by atoms with E-state index in [-0.39, 0.29) is 5.96 Å². The van der Waals surface area contributed by atoms with Gasteiger partial charge in [-0.1, -0.05) is 30.3 Å². The second kappa shape index (κ2) is 8.93. The van der Waals surface area contributed by atoms with E-state index in [1.54, 1.807) is 0 Å². The first-order valence-electron chi connectivity index (χ1n) is 7.97. The molecule has 3 aromatic rings. The lowest BCUT2D eigenvalue weighted by atomic mass is 10.00. The first-order valence-corrected chi connectivity index (χ1v) is 10.6. The van der Waals surface area contributed by atoms with Crippen molar-refractivity contribution in [2.45, 2.75) is 6.54 Å². The van der Waals surface area contributed by atoms with Gasteiger partial charge in [-0.2, -0.15) is 13.4 Å². The summed E-state index contributed by atoms with van der Waals surface area (Å²) in [5.74, 6) is -0.656. The monoisotopic (exact) mass is 420 g/mol. The smallest absolute Gasteiger partial charge is 0.290 e. The molecular weight excluding hydrogens is 400 g/mol. The summed E-state index contributed by atoms with van der Waals surface area (Å²) < 4.78 is 26.9. The van der Waals surface area contributed by atoms with E-state index in [1.807, 2.05) is 42.5 Å². The first kappa shape index (κ1) is 21.5. The van der Waals surface area contributed by atoms with Crippen molar-refractivity contribution in [1.29, 1.82) is 0 Å². The maximum atomic E-state index is 12.0. The number of carbonyl (C=O) groups is 1. The Hall–Kier alpha value is -2.79. The molecule has 0 radical (unpaired) electrons. The number of amides is 1. The number of hydrogen-bond acceptors (Lipinski definition) is 5. The molecule has 28 heavy (non-hydrogen) atoms. The van der Waals surface area contributed by atoms with E-state index in [2.05, 4.69) is 11.1 Å². The molecule has 1 amide bonds. The van der Waals surface area contributed by atoms with Crippen LogP contribution in [0.3, 0.4) is 0 Å². The lowest BCUT2D eigenvalue weighted by Gasteiger charge is -2.05. The van der Waals surface area contributed by atoms with Crippen LogP contribution in [-0.4, -0.2) is 31.1 Å². The number of aliphatic imine (C=N–C) groups is 1. The van der Waals surface area contributed by atoms with Crippen molar-refractivity contribution in [3.05, 3.63) is 59.0 Å². The van der Waals surface area contributed by atoms with Crippen LogP contribution in [0.4, 0.5) is 0 Å². The van der Waals surface area contributed by atoms with E-state index in [0.717, 1.165) is 26.8 Å². The Morgan fingerprint density at radius 1 is 1.14 bits per heavy atom. The highest BCUT2D eigenvalue weighted by Crippen LogP contribution is 2.34. The molecule has 1 aromatic heterocycles. The largest absolute Gasteiger partial charge is 0.370 e. The van der Waals surface area contributed by atoms with Crippen LogP contribution in [0.5, 0.6) is 0 Å². The van der Waals surface area contributed by atoms with Gasteiger partial charge in [-0.25, -0.2) is 0 Å². The fraction of sp³-hybridized carbons (Fsp3) is 0.111. The van der Waals surface area contributed by atoms with Crippen molar-refractivity contribution in [1.82, 2.24) is 0 Å². The summed E-state index contributed by atoms with van der Waals surface area (Å²) in [4.78, 5) is 16.1. The molecule has 148 valence electrons. The first-order chi connectivity index (χ1) is 13.1. The molecule has 0 bridgehead atoms. The van der Waals surface area contributed by atoms with E-state index in [1.165, 1.54) is 11.3 Å². The van der Waals surface area contributed by atoms with Gasteiger partial charge in [0.1, 0.15) is 0 Å². The normalized spacial score (nSPS) is 10.8. The molecule has 3 rings (SSSR count). The summed E-state index contributed by atoms with van der Waals surface area (Å²) in [5.41, 5.74) is 19.5. The number of benzene rings is 2. The number of fused-ring (bicyclic) bond motifs is 1. The average Bonchev–Trinajstić information content (AvgIpc) is 3.04. The predicted molar refractivity (Wildman–Crippen MR) is 113 cm³/mol. The summed E-state index contributed by atoms with van der Waals surface area (Å²) in [7, 11) is -3.67. The van der Waals surface area contributed by atoms with Crippen LogP contribution >= 0.6 is 11.3 Å². The van der Waals surface area contributed by atoms with Gasteiger partial charge in [0.15, 0.2) is 5.96 Å². The van der Waals surface area contributed by atoms with Crippen LogP contribution < -0.4 is 17.2 Å². The third kappa shape index (κ3) is 6.13. The summed E-state index contributed by atoms with van der Waals surface area (Å²) in [6.45, 7) is 0.488. The Morgan fingerprint density at radius 2 is 1.79 bits per heavy atom. The van der Waals surface area contributed by atoms with E-state index >= 15 is 0 Å². The Bertz CT molecular complexity index is 1130.